The molecule has 1 N–H and O–H groups in total. The molecule has 1 amide bonds. The van der Waals surface area contributed by atoms with Crippen LogP contribution in [0.4, 0.5) is 14.5 Å². The molecule has 9 nitrogen and oxygen atoms in total. The predicted octanol–water partition coefficient (Wildman–Crippen LogP) is 3.66. The van der Waals surface area contributed by atoms with E-state index in [0.29, 0.717) is 22.7 Å². The number of aromatic nitrogens is 5. The first kappa shape index (κ1) is 20.6. The molecule has 0 aliphatic carbocycles. The first-order valence-corrected chi connectivity index (χ1v) is 9.99. The van der Waals surface area contributed by atoms with Crippen molar-refractivity contribution in [2.45, 2.75) is 23.8 Å². The lowest BCUT2D eigenvalue weighted by Crippen LogP contribution is -2.14. The molecule has 158 valence electrons. The zero-order valence-corrected chi connectivity index (χ0v) is 16.6. The van der Waals surface area contributed by atoms with Gasteiger partial charge in [0.05, 0.1) is 5.75 Å². The van der Waals surface area contributed by atoms with Crippen LogP contribution >= 0.6 is 11.8 Å². The van der Waals surface area contributed by atoms with Crippen LogP contribution in [0, 0.1) is 11.6 Å². The molecule has 0 aliphatic heterocycles. The van der Waals surface area contributed by atoms with Crippen LogP contribution in [0.2, 0.25) is 0 Å². The van der Waals surface area contributed by atoms with Crippen molar-refractivity contribution in [1.82, 2.24) is 25.3 Å². The van der Waals surface area contributed by atoms with Gasteiger partial charge < -0.3 is 14.3 Å². The number of pyridine rings is 1. The predicted molar refractivity (Wildman–Crippen MR) is 105 cm³/mol. The van der Waals surface area contributed by atoms with E-state index >= 15 is 0 Å². The van der Waals surface area contributed by atoms with Crippen LogP contribution in [0.25, 0.3) is 11.5 Å². The number of thioether (sulfide) groups is 1. The molecule has 0 aliphatic rings. The minimum Gasteiger partial charge on any atom is -0.411 e. The lowest BCUT2D eigenvalue weighted by Gasteiger charge is -2.06. The molecular formula is C19H14F2N6O3S. The Hall–Kier alpha value is -3.67. The van der Waals surface area contributed by atoms with Crippen molar-refractivity contribution in [1.29, 1.82) is 0 Å². The van der Waals surface area contributed by atoms with Crippen LogP contribution in [-0.4, -0.2) is 31.2 Å². The summed E-state index contributed by atoms with van der Waals surface area (Å²) in [6.45, 7) is 0. The number of amides is 1. The lowest BCUT2D eigenvalue weighted by atomic mass is 10.2. The number of nitrogens with one attached hydrogen (secondary N) is 1. The van der Waals surface area contributed by atoms with Gasteiger partial charge >= 0.3 is 0 Å². The summed E-state index contributed by atoms with van der Waals surface area (Å²) in [6, 6.07) is 6.84. The number of hydrogen-bond donors (Lipinski definition) is 1. The van der Waals surface area contributed by atoms with E-state index in [1.54, 1.807) is 24.5 Å². The highest BCUT2D eigenvalue weighted by atomic mass is 32.2. The molecule has 0 bridgehead atoms. The molecule has 1 aromatic carbocycles. The summed E-state index contributed by atoms with van der Waals surface area (Å²) in [5, 5.41) is 14.3. The number of nitrogens with zero attached hydrogens (tertiary/aromatic N) is 5. The molecule has 3 heterocycles. The summed E-state index contributed by atoms with van der Waals surface area (Å²) in [4.78, 5) is 20.1. The van der Waals surface area contributed by atoms with Crippen LogP contribution in [0.1, 0.15) is 18.1 Å². The van der Waals surface area contributed by atoms with E-state index in [0.717, 1.165) is 17.7 Å². The van der Waals surface area contributed by atoms with Crippen molar-refractivity contribution in [3.63, 3.8) is 0 Å². The number of anilines is 1. The van der Waals surface area contributed by atoms with Crippen molar-refractivity contribution < 1.29 is 22.5 Å². The molecule has 0 spiro atoms. The van der Waals surface area contributed by atoms with Gasteiger partial charge in [0.1, 0.15) is 17.3 Å². The van der Waals surface area contributed by atoms with Crippen LogP contribution in [0.5, 0.6) is 0 Å². The third-order valence-electron chi connectivity index (χ3n) is 3.96. The number of carbonyl (C=O) groups is 1. The van der Waals surface area contributed by atoms with Gasteiger partial charge in [-0.15, -0.1) is 10.2 Å². The van der Waals surface area contributed by atoms with Gasteiger partial charge in [-0.25, -0.2) is 8.78 Å². The highest BCUT2D eigenvalue weighted by Crippen LogP contribution is 2.24. The number of benzene rings is 1. The topological polar surface area (TPSA) is 120 Å². The molecule has 0 radical (unpaired) electrons. The monoisotopic (exact) mass is 444 g/mol. The van der Waals surface area contributed by atoms with Crippen LogP contribution in [0.3, 0.4) is 0 Å². The van der Waals surface area contributed by atoms with E-state index in [-0.39, 0.29) is 18.7 Å². The quantitative estimate of drug-likeness (QED) is 0.406. The Kier molecular flexibility index (Phi) is 6.26. The van der Waals surface area contributed by atoms with E-state index < -0.39 is 23.2 Å². The van der Waals surface area contributed by atoms with E-state index in [1.165, 1.54) is 17.8 Å². The highest BCUT2D eigenvalue weighted by Gasteiger charge is 2.15. The molecule has 0 saturated heterocycles. The molecular weight excluding hydrogens is 430 g/mol. The van der Waals surface area contributed by atoms with Crippen LogP contribution in [-0.2, 0) is 17.0 Å². The average molecular weight is 444 g/mol. The summed E-state index contributed by atoms with van der Waals surface area (Å²) in [5.74, 6) is -0.985. The number of rotatable bonds is 8. The number of para-hydroxylation sites is 1. The Balaban J connectivity index is 1.27. The third-order valence-corrected chi connectivity index (χ3v) is 4.78. The van der Waals surface area contributed by atoms with Gasteiger partial charge in [0.25, 0.3) is 5.22 Å². The summed E-state index contributed by atoms with van der Waals surface area (Å²) < 4.78 is 37.8. The summed E-state index contributed by atoms with van der Waals surface area (Å²) in [7, 11) is 0. The fraction of sp³-hybridized carbons (Fsp3) is 0.158. The molecule has 0 saturated carbocycles. The SMILES string of the molecule is O=C(CCc1nc(CSc2nnc(-c3ccncc3)o2)no1)Nc1c(F)cccc1F. The minimum absolute atomic E-state index is 0.0818. The van der Waals surface area contributed by atoms with Gasteiger partial charge in [-0.05, 0) is 24.3 Å². The number of carbonyl (C=O) groups excluding carboxylic acids is 1. The minimum atomic E-state index is -0.849. The van der Waals surface area contributed by atoms with Crippen molar-refractivity contribution in [3.8, 4) is 11.5 Å². The van der Waals surface area contributed by atoms with Crippen LogP contribution in [0.15, 0.2) is 56.9 Å². The number of hydrogen-bond acceptors (Lipinski definition) is 9. The maximum absolute atomic E-state index is 13.6. The van der Waals surface area contributed by atoms with Crippen molar-refractivity contribution in [3.05, 3.63) is 66.1 Å². The molecule has 4 aromatic rings. The normalized spacial score (nSPS) is 10.9. The second-order valence-electron chi connectivity index (χ2n) is 6.15. The molecule has 31 heavy (non-hydrogen) atoms. The lowest BCUT2D eigenvalue weighted by molar-refractivity contribution is -0.116. The summed E-state index contributed by atoms with van der Waals surface area (Å²) in [5.41, 5.74) is 0.269. The molecule has 0 fully saturated rings. The van der Waals surface area contributed by atoms with E-state index in [4.69, 9.17) is 8.94 Å². The van der Waals surface area contributed by atoms with E-state index in [1.807, 2.05) is 0 Å². The zero-order valence-electron chi connectivity index (χ0n) is 15.8. The number of halogens is 2. The first-order chi connectivity index (χ1) is 15.1. The molecule has 3 aromatic heterocycles. The maximum atomic E-state index is 13.6. The smallest absolute Gasteiger partial charge is 0.277 e. The van der Waals surface area contributed by atoms with Crippen molar-refractivity contribution >= 4 is 23.4 Å². The summed E-state index contributed by atoms with van der Waals surface area (Å²) in [6.07, 6.45) is 3.29. The Morgan fingerprint density at radius 2 is 1.87 bits per heavy atom. The second-order valence-corrected chi connectivity index (χ2v) is 7.07. The van der Waals surface area contributed by atoms with E-state index in [2.05, 4.69) is 30.6 Å². The van der Waals surface area contributed by atoms with Gasteiger partial charge in [0, 0.05) is 30.8 Å². The highest BCUT2D eigenvalue weighted by molar-refractivity contribution is 7.98. The van der Waals surface area contributed by atoms with Gasteiger partial charge in [-0.3, -0.25) is 9.78 Å². The standard InChI is InChI=1S/C19H14F2N6O3S/c20-12-2-1-3-13(21)17(12)24-15(28)4-5-16-23-14(27-30-16)10-31-19-26-25-18(29-19)11-6-8-22-9-7-11/h1-3,6-9H,4-5,10H2,(H,24,28). The molecule has 4 rings (SSSR count). The first-order valence-electron chi connectivity index (χ1n) is 9.00. The van der Waals surface area contributed by atoms with Gasteiger partial charge in [0.15, 0.2) is 5.82 Å². The van der Waals surface area contributed by atoms with Gasteiger partial charge in [-0.2, -0.15) is 4.98 Å². The van der Waals surface area contributed by atoms with Crippen LogP contribution < -0.4 is 5.32 Å². The molecule has 0 atom stereocenters. The Morgan fingerprint density at radius 1 is 1.10 bits per heavy atom. The second kappa shape index (κ2) is 9.43. The fourth-order valence-electron chi connectivity index (χ4n) is 2.50. The molecule has 0 unspecified atom stereocenters. The van der Waals surface area contributed by atoms with Crippen molar-refractivity contribution in [2.75, 3.05) is 5.32 Å². The largest absolute Gasteiger partial charge is 0.411 e. The summed E-state index contributed by atoms with van der Waals surface area (Å²) >= 11 is 1.23. The number of aryl methyl sites for hydroxylation is 1. The van der Waals surface area contributed by atoms with Gasteiger partial charge in [0.2, 0.25) is 17.7 Å². The zero-order chi connectivity index (χ0) is 21.6. The average Bonchev–Trinajstić information content (AvgIpc) is 3.44. The van der Waals surface area contributed by atoms with Gasteiger partial charge in [-0.1, -0.05) is 23.0 Å². The van der Waals surface area contributed by atoms with E-state index in [9.17, 15) is 13.6 Å². The fourth-order valence-corrected chi connectivity index (χ4v) is 3.10. The Morgan fingerprint density at radius 3 is 2.65 bits per heavy atom. The van der Waals surface area contributed by atoms with Crippen molar-refractivity contribution in [2.24, 2.45) is 0 Å². The maximum Gasteiger partial charge on any atom is 0.277 e. The third kappa shape index (κ3) is 5.28. The Bertz CT molecular complexity index is 1160. The molecule has 12 heteroatoms. The Labute approximate surface area is 178 Å².